The zero-order chi connectivity index (χ0) is 14.0. The van der Waals surface area contributed by atoms with Crippen LogP contribution in [0.2, 0.25) is 0 Å². The van der Waals surface area contributed by atoms with E-state index in [4.69, 9.17) is 14.2 Å². The van der Waals surface area contributed by atoms with E-state index in [0.29, 0.717) is 13.2 Å². The number of hydrogen-bond acceptors (Lipinski definition) is 5. The number of esters is 1. The van der Waals surface area contributed by atoms with Crippen molar-refractivity contribution in [3.05, 3.63) is 0 Å². The quantitative estimate of drug-likeness (QED) is 0.565. The molecule has 0 radical (unpaired) electrons. The van der Waals surface area contributed by atoms with Crippen LogP contribution in [0.5, 0.6) is 0 Å². The van der Waals surface area contributed by atoms with Gasteiger partial charge < -0.3 is 14.2 Å². The highest BCUT2D eigenvalue weighted by atomic mass is 16.7. The number of ether oxygens (including phenoxy) is 3. The Morgan fingerprint density at radius 2 is 1.78 bits per heavy atom. The van der Waals surface area contributed by atoms with Crippen molar-refractivity contribution < 1.29 is 23.8 Å². The van der Waals surface area contributed by atoms with Crippen LogP contribution in [0.4, 0.5) is 0 Å². The zero-order valence-electron chi connectivity index (χ0n) is 11.7. The summed E-state index contributed by atoms with van der Waals surface area (Å²) < 4.78 is 16.2. The summed E-state index contributed by atoms with van der Waals surface area (Å²) in [6.45, 7) is 10.4. The van der Waals surface area contributed by atoms with Crippen molar-refractivity contribution in [2.45, 2.75) is 40.9 Å². The Kier molecular flexibility index (Phi) is 4.50. The molecule has 18 heavy (non-hydrogen) atoms. The molecule has 1 heterocycles. The lowest BCUT2D eigenvalue weighted by atomic mass is 9.90. The van der Waals surface area contributed by atoms with Crippen molar-refractivity contribution >= 4 is 11.8 Å². The van der Waals surface area contributed by atoms with E-state index in [0.717, 1.165) is 0 Å². The second kappa shape index (κ2) is 5.36. The topological polar surface area (TPSA) is 61.8 Å². The van der Waals surface area contributed by atoms with Crippen LogP contribution in [0.25, 0.3) is 0 Å². The van der Waals surface area contributed by atoms with Crippen molar-refractivity contribution in [3.8, 4) is 0 Å². The zero-order valence-corrected chi connectivity index (χ0v) is 11.7. The van der Waals surface area contributed by atoms with Crippen molar-refractivity contribution in [2.75, 3.05) is 19.8 Å². The molecule has 1 aliphatic rings. The van der Waals surface area contributed by atoms with E-state index in [-0.39, 0.29) is 12.0 Å². The van der Waals surface area contributed by atoms with Gasteiger partial charge >= 0.3 is 5.97 Å². The van der Waals surface area contributed by atoms with Crippen LogP contribution in [0.15, 0.2) is 0 Å². The van der Waals surface area contributed by atoms with Crippen LogP contribution in [-0.2, 0) is 23.8 Å². The molecule has 1 aliphatic heterocycles. The molecule has 0 bridgehead atoms. The Morgan fingerprint density at radius 1 is 1.28 bits per heavy atom. The minimum Gasteiger partial charge on any atom is -0.459 e. The number of carbonyl (C=O) groups is 2. The molecule has 0 aromatic carbocycles. The lowest BCUT2D eigenvalue weighted by Crippen LogP contribution is -2.47. The van der Waals surface area contributed by atoms with E-state index < -0.39 is 23.5 Å². The first kappa shape index (κ1) is 15.1. The molecule has 1 rings (SSSR count). The van der Waals surface area contributed by atoms with Crippen molar-refractivity contribution in [2.24, 2.45) is 10.8 Å². The summed E-state index contributed by atoms with van der Waals surface area (Å²) in [5.74, 6) is -1.42. The summed E-state index contributed by atoms with van der Waals surface area (Å²) in [5.41, 5.74) is -0.482. The third-order valence-electron chi connectivity index (χ3n) is 2.75. The van der Waals surface area contributed by atoms with Gasteiger partial charge in [-0.15, -0.1) is 0 Å². The highest BCUT2D eigenvalue weighted by Gasteiger charge is 2.39. The summed E-state index contributed by atoms with van der Waals surface area (Å²) in [6, 6.07) is 0. The summed E-state index contributed by atoms with van der Waals surface area (Å²) in [4.78, 5) is 21.9. The van der Waals surface area contributed by atoms with Gasteiger partial charge in [0.1, 0.15) is 6.61 Å². The first-order chi connectivity index (χ1) is 8.14. The van der Waals surface area contributed by atoms with E-state index >= 15 is 0 Å². The first-order valence-corrected chi connectivity index (χ1v) is 6.05. The Bertz CT molecular complexity index is 322. The number of rotatable bonds is 4. The SMILES string of the molecule is CC(=O)C(=O)OCC(C)(C)C1OCC(C)(C)CO1. The Hall–Kier alpha value is -0.940. The molecule has 0 aromatic rings. The fraction of sp³-hybridized carbons (Fsp3) is 0.846. The van der Waals surface area contributed by atoms with E-state index in [2.05, 4.69) is 13.8 Å². The van der Waals surface area contributed by atoms with Crippen LogP contribution >= 0.6 is 0 Å². The van der Waals surface area contributed by atoms with Gasteiger partial charge in [-0.3, -0.25) is 4.79 Å². The highest BCUT2D eigenvalue weighted by molar-refractivity contribution is 6.32. The molecule has 0 aliphatic carbocycles. The van der Waals surface area contributed by atoms with Crippen LogP contribution in [0, 0.1) is 10.8 Å². The van der Waals surface area contributed by atoms with Crippen LogP contribution in [0.1, 0.15) is 34.6 Å². The molecular weight excluding hydrogens is 236 g/mol. The lowest BCUT2D eigenvalue weighted by molar-refractivity contribution is -0.268. The Morgan fingerprint density at radius 3 is 2.22 bits per heavy atom. The second-order valence-electron chi connectivity index (χ2n) is 6.24. The largest absolute Gasteiger partial charge is 0.459 e. The number of carbonyl (C=O) groups excluding carboxylic acids is 2. The van der Waals surface area contributed by atoms with Gasteiger partial charge in [0.15, 0.2) is 6.29 Å². The van der Waals surface area contributed by atoms with Gasteiger partial charge in [-0.05, 0) is 0 Å². The van der Waals surface area contributed by atoms with Gasteiger partial charge in [0.25, 0.3) is 0 Å². The van der Waals surface area contributed by atoms with Gasteiger partial charge in [-0.25, -0.2) is 4.79 Å². The standard InChI is InChI=1S/C13H22O5/c1-9(14)10(15)16-8-13(4,5)11-17-6-12(2,3)7-18-11/h11H,6-8H2,1-5H3. The average Bonchev–Trinajstić information content (AvgIpc) is 2.25. The molecule has 0 saturated carbocycles. The number of Topliss-reactive ketones (excluding diaryl/α,β-unsaturated/α-hetero) is 1. The minimum absolute atomic E-state index is 0.00262. The predicted octanol–water partition coefficient (Wildman–Crippen LogP) is 1.54. The van der Waals surface area contributed by atoms with E-state index in [9.17, 15) is 9.59 Å². The Labute approximate surface area is 108 Å². The summed E-state index contributed by atoms with van der Waals surface area (Å²) in [7, 11) is 0. The normalized spacial score (nSPS) is 20.5. The van der Waals surface area contributed by atoms with Crippen LogP contribution in [-0.4, -0.2) is 37.9 Å². The van der Waals surface area contributed by atoms with Crippen molar-refractivity contribution in [3.63, 3.8) is 0 Å². The molecule has 1 fully saturated rings. The van der Waals surface area contributed by atoms with Crippen molar-refractivity contribution in [1.29, 1.82) is 0 Å². The summed E-state index contributed by atoms with van der Waals surface area (Å²) in [5, 5.41) is 0. The van der Waals surface area contributed by atoms with Gasteiger partial charge in [0.05, 0.1) is 13.2 Å². The molecule has 5 nitrogen and oxygen atoms in total. The summed E-state index contributed by atoms with van der Waals surface area (Å²) >= 11 is 0. The van der Waals surface area contributed by atoms with Gasteiger partial charge in [0, 0.05) is 17.8 Å². The molecule has 0 N–H and O–H groups in total. The number of hydrogen-bond donors (Lipinski definition) is 0. The fourth-order valence-corrected chi connectivity index (χ4v) is 1.56. The number of ketones is 1. The average molecular weight is 258 g/mol. The molecular formula is C13H22O5. The maximum Gasteiger partial charge on any atom is 0.374 e. The second-order valence-corrected chi connectivity index (χ2v) is 6.24. The highest BCUT2D eigenvalue weighted by Crippen LogP contribution is 2.32. The fourth-order valence-electron chi connectivity index (χ4n) is 1.56. The molecule has 0 aromatic heterocycles. The molecule has 1 saturated heterocycles. The van der Waals surface area contributed by atoms with E-state index in [1.807, 2.05) is 13.8 Å². The molecule has 0 atom stereocenters. The maximum absolute atomic E-state index is 11.1. The van der Waals surface area contributed by atoms with Gasteiger partial charge in [-0.2, -0.15) is 0 Å². The van der Waals surface area contributed by atoms with Crippen LogP contribution < -0.4 is 0 Å². The van der Waals surface area contributed by atoms with Crippen LogP contribution in [0.3, 0.4) is 0 Å². The van der Waals surface area contributed by atoms with E-state index in [1.54, 1.807) is 0 Å². The molecule has 0 spiro atoms. The van der Waals surface area contributed by atoms with Gasteiger partial charge in [-0.1, -0.05) is 27.7 Å². The molecule has 104 valence electrons. The van der Waals surface area contributed by atoms with Gasteiger partial charge in [0.2, 0.25) is 5.78 Å². The third-order valence-corrected chi connectivity index (χ3v) is 2.75. The smallest absolute Gasteiger partial charge is 0.374 e. The molecule has 0 unspecified atom stereocenters. The summed E-state index contributed by atoms with van der Waals surface area (Å²) in [6.07, 6.45) is -0.426. The monoisotopic (exact) mass is 258 g/mol. The molecule has 0 amide bonds. The first-order valence-electron chi connectivity index (χ1n) is 6.05. The molecule has 5 heteroatoms. The maximum atomic E-state index is 11.1. The van der Waals surface area contributed by atoms with E-state index in [1.165, 1.54) is 6.92 Å². The van der Waals surface area contributed by atoms with Crippen molar-refractivity contribution in [1.82, 2.24) is 0 Å². The Balaban J connectivity index is 2.49. The predicted molar refractivity (Wildman–Crippen MR) is 64.9 cm³/mol. The third kappa shape index (κ3) is 4.07. The minimum atomic E-state index is -0.820. The lowest BCUT2D eigenvalue weighted by Gasteiger charge is -2.41.